The van der Waals surface area contributed by atoms with Gasteiger partial charge in [0, 0.05) is 12.2 Å². The summed E-state index contributed by atoms with van der Waals surface area (Å²) in [6.45, 7) is 5.85. The van der Waals surface area contributed by atoms with Gasteiger partial charge in [0.15, 0.2) is 0 Å². The molecular formula is C18H21Cl2NO. The second-order valence-corrected chi connectivity index (χ2v) is 6.48. The molecule has 4 heteroatoms. The van der Waals surface area contributed by atoms with Gasteiger partial charge in [-0.05, 0) is 48.2 Å². The summed E-state index contributed by atoms with van der Waals surface area (Å²) in [6.07, 6.45) is 1.06. The first-order valence-corrected chi connectivity index (χ1v) is 8.21. The number of rotatable bonds is 7. The molecule has 0 spiro atoms. The van der Waals surface area contributed by atoms with E-state index >= 15 is 0 Å². The fourth-order valence-corrected chi connectivity index (χ4v) is 2.27. The van der Waals surface area contributed by atoms with Crippen molar-refractivity contribution in [2.24, 2.45) is 5.92 Å². The number of halogens is 2. The molecule has 0 radical (unpaired) electrons. The van der Waals surface area contributed by atoms with E-state index in [9.17, 15) is 0 Å². The highest BCUT2D eigenvalue weighted by atomic mass is 35.5. The van der Waals surface area contributed by atoms with Crippen LogP contribution < -0.4 is 10.1 Å². The van der Waals surface area contributed by atoms with Crippen molar-refractivity contribution < 1.29 is 4.74 Å². The molecule has 0 aliphatic rings. The summed E-state index contributed by atoms with van der Waals surface area (Å²) in [5.74, 6) is 1.56. The van der Waals surface area contributed by atoms with Gasteiger partial charge in [-0.3, -0.25) is 0 Å². The van der Waals surface area contributed by atoms with Gasteiger partial charge in [-0.25, -0.2) is 0 Å². The first-order valence-electron chi connectivity index (χ1n) is 7.45. The highest BCUT2D eigenvalue weighted by Crippen LogP contribution is 2.25. The Kier molecular flexibility index (Phi) is 6.41. The van der Waals surface area contributed by atoms with E-state index < -0.39 is 0 Å². The van der Waals surface area contributed by atoms with Gasteiger partial charge in [0.25, 0.3) is 0 Å². The van der Waals surface area contributed by atoms with Gasteiger partial charge in [0.1, 0.15) is 5.75 Å². The van der Waals surface area contributed by atoms with E-state index in [2.05, 4.69) is 31.3 Å². The molecule has 2 nitrogen and oxygen atoms in total. The molecule has 0 aliphatic heterocycles. The van der Waals surface area contributed by atoms with Crippen LogP contribution in [0.2, 0.25) is 10.0 Å². The lowest BCUT2D eigenvalue weighted by molar-refractivity contribution is 0.289. The smallest absolute Gasteiger partial charge is 0.119 e. The van der Waals surface area contributed by atoms with E-state index in [1.165, 1.54) is 0 Å². The van der Waals surface area contributed by atoms with Crippen LogP contribution in [0.4, 0.5) is 5.69 Å². The molecule has 0 bridgehead atoms. The van der Waals surface area contributed by atoms with Crippen molar-refractivity contribution in [2.75, 3.05) is 11.9 Å². The van der Waals surface area contributed by atoms with E-state index in [1.54, 1.807) is 6.07 Å². The first kappa shape index (κ1) is 17.0. The van der Waals surface area contributed by atoms with Crippen molar-refractivity contribution in [3.8, 4) is 5.75 Å². The molecule has 0 saturated heterocycles. The van der Waals surface area contributed by atoms with Gasteiger partial charge in [0.2, 0.25) is 0 Å². The van der Waals surface area contributed by atoms with Gasteiger partial charge < -0.3 is 10.1 Å². The fourth-order valence-electron chi connectivity index (χ4n) is 1.97. The summed E-state index contributed by atoms with van der Waals surface area (Å²) in [5.41, 5.74) is 2.11. The summed E-state index contributed by atoms with van der Waals surface area (Å²) in [6, 6.07) is 13.7. The van der Waals surface area contributed by atoms with E-state index in [-0.39, 0.29) is 0 Å². The highest BCUT2D eigenvalue weighted by molar-refractivity contribution is 6.42. The summed E-state index contributed by atoms with van der Waals surface area (Å²) in [4.78, 5) is 0. The average Bonchev–Trinajstić information content (AvgIpc) is 2.49. The number of hydrogen-bond donors (Lipinski definition) is 1. The van der Waals surface area contributed by atoms with Gasteiger partial charge in [-0.2, -0.15) is 0 Å². The number of anilines is 1. The topological polar surface area (TPSA) is 21.3 Å². The van der Waals surface area contributed by atoms with E-state index in [1.807, 2.05) is 24.3 Å². The zero-order valence-electron chi connectivity index (χ0n) is 12.9. The molecule has 0 atom stereocenters. The van der Waals surface area contributed by atoms with Crippen LogP contribution in [0.1, 0.15) is 25.8 Å². The Bertz CT molecular complexity index is 614. The summed E-state index contributed by atoms with van der Waals surface area (Å²) < 4.78 is 5.78. The maximum atomic E-state index is 6.01. The van der Waals surface area contributed by atoms with Crippen LogP contribution in [-0.2, 0) is 6.54 Å². The Hall–Kier alpha value is -1.38. The molecule has 0 amide bonds. The Labute approximate surface area is 142 Å². The molecule has 0 aliphatic carbocycles. The molecule has 22 heavy (non-hydrogen) atoms. The summed E-state index contributed by atoms with van der Waals surface area (Å²) in [7, 11) is 0. The molecule has 0 aromatic heterocycles. The fraction of sp³-hybridized carbons (Fsp3) is 0.333. The van der Waals surface area contributed by atoms with E-state index in [0.29, 0.717) is 22.5 Å². The third-order valence-corrected chi connectivity index (χ3v) is 4.02. The predicted molar refractivity (Wildman–Crippen MR) is 95.2 cm³/mol. The van der Waals surface area contributed by atoms with Crippen LogP contribution in [0.15, 0.2) is 42.5 Å². The van der Waals surface area contributed by atoms with Crippen molar-refractivity contribution in [3.63, 3.8) is 0 Å². The zero-order chi connectivity index (χ0) is 15.9. The maximum absolute atomic E-state index is 6.01. The lowest BCUT2D eigenvalue weighted by atomic mass is 10.1. The quantitative estimate of drug-likeness (QED) is 0.665. The first-order chi connectivity index (χ1) is 10.5. The summed E-state index contributed by atoms with van der Waals surface area (Å²) >= 11 is 11.9. The number of benzene rings is 2. The molecule has 0 fully saturated rings. The van der Waals surface area contributed by atoms with Crippen LogP contribution >= 0.6 is 23.2 Å². The third kappa shape index (κ3) is 5.43. The molecular weight excluding hydrogens is 317 g/mol. The third-order valence-electron chi connectivity index (χ3n) is 3.28. The lowest BCUT2D eigenvalue weighted by Gasteiger charge is -2.11. The second kappa shape index (κ2) is 8.30. The van der Waals surface area contributed by atoms with Gasteiger partial charge >= 0.3 is 0 Å². The van der Waals surface area contributed by atoms with Crippen molar-refractivity contribution >= 4 is 28.9 Å². The van der Waals surface area contributed by atoms with E-state index in [4.69, 9.17) is 27.9 Å². The second-order valence-electron chi connectivity index (χ2n) is 5.66. The average molecular weight is 338 g/mol. The monoisotopic (exact) mass is 337 g/mol. The normalized spacial score (nSPS) is 10.8. The van der Waals surface area contributed by atoms with E-state index in [0.717, 1.165) is 30.0 Å². The lowest BCUT2D eigenvalue weighted by Crippen LogP contribution is -2.03. The summed E-state index contributed by atoms with van der Waals surface area (Å²) in [5, 5.41) is 4.45. The van der Waals surface area contributed by atoms with Crippen molar-refractivity contribution in [1.82, 2.24) is 0 Å². The largest absolute Gasteiger partial charge is 0.494 e. The van der Waals surface area contributed by atoms with Gasteiger partial charge in [-0.15, -0.1) is 0 Å². The van der Waals surface area contributed by atoms with Crippen LogP contribution in [0, 0.1) is 5.92 Å². The molecule has 118 valence electrons. The standard InChI is InChI=1S/C18H21Cl2NO/c1-13(2)8-9-22-16-5-3-4-14(10-16)12-21-15-6-7-17(19)18(20)11-15/h3-7,10-11,13,21H,8-9,12H2,1-2H3. The number of hydrogen-bond acceptors (Lipinski definition) is 2. The maximum Gasteiger partial charge on any atom is 0.119 e. The van der Waals surface area contributed by atoms with Gasteiger partial charge in [0.05, 0.1) is 16.7 Å². The van der Waals surface area contributed by atoms with Crippen molar-refractivity contribution in [3.05, 3.63) is 58.1 Å². The zero-order valence-corrected chi connectivity index (χ0v) is 14.4. The van der Waals surface area contributed by atoms with Crippen LogP contribution in [0.25, 0.3) is 0 Å². The molecule has 0 heterocycles. The van der Waals surface area contributed by atoms with Crippen LogP contribution in [0.3, 0.4) is 0 Å². The minimum Gasteiger partial charge on any atom is -0.494 e. The SMILES string of the molecule is CC(C)CCOc1cccc(CNc2ccc(Cl)c(Cl)c2)c1. The molecule has 2 aromatic carbocycles. The Balaban J connectivity index is 1.91. The highest BCUT2D eigenvalue weighted by Gasteiger charge is 2.01. The molecule has 0 unspecified atom stereocenters. The minimum atomic E-state index is 0.553. The minimum absolute atomic E-state index is 0.553. The van der Waals surface area contributed by atoms with Crippen molar-refractivity contribution in [2.45, 2.75) is 26.8 Å². The molecule has 2 aromatic rings. The van der Waals surface area contributed by atoms with Crippen LogP contribution in [-0.4, -0.2) is 6.61 Å². The van der Waals surface area contributed by atoms with Crippen LogP contribution in [0.5, 0.6) is 5.75 Å². The number of nitrogens with one attached hydrogen (secondary N) is 1. The molecule has 1 N–H and O–H groups in total. The Morgan fingerprint density at radius 1 is 1.05 bits per heavy atom. The van der Waals surface area contributed by atoms with Gasteiger partial charge in [-0.1, -0.05) is 49.2 Å². The molecule has 2 rings (SSSR count). The molecule has 0 saturated carbocycles. The number of ether oxygens (including phenoxy) is 1. The predicted octanol–water partition coefficient (Wildman–Crippen LogP) is 6.03. The Morgan fingerprint density at radius 3 is 2.59 bits per heavy atom. The van der Waals surface area contributed by atoms with Crippen molar-refractivity contribution in [1.29, 1.82) is 0 Å². The Morgan fingerprint density at radius 2 is 1.86 bits per heavy atom.